The number of carbonyl (C=O) groups excluding carboxylic acids is 1. The van der Waals surface area contributed by atoms with Crippen molar-refractivity contribution in [2.24, 2.45) is 16.7 Å². The summed E-state index contributed by atoms with van der Waals surface area (Å²) < 4.78 is 14.6. The van der Waals surface area contributed by atoms with Gasteiger partial charge in [0.25, 0.3) is 5.91 Å². The molecule has 2 fully saturated rings. The van der Waals surface area contributed by atoms with Crippen LogP contribution < -0.4 is 5.32 Å². The first-order chi connectivity index (χ1) is 9.74. The molecule has 2 saturated carbocycles. The van der Waals surface area contributed by atoms with Gasteiger partial charge >= 0.3 is 0 Å². The van der Waals surface area contributed by atoms with Crippen molar-refractivity contribution in [1.82, 2.24) is 5.32 Å². The van der Waals surface area contributed by atoms with Crippen LogP contribution in [-0.2, 0) is 0 Å². The van der Waals surface area contributed by atoms with Gasteiger partial charge in [0.05, 0.1) is 5.56 Å². The summed E-state index contributed by atoms with van der Waals surface area (Å²) in [4.78, 5) is 12.5. The normalized spacial score (nSPS) is 33.2. The Hall–Kier alpha value is -0.900. The van der Waals surface area contributed by atoms with Gasteiger partial charge in [0.15, 0.2) is 0 Å². The second-order valence-corrected chi connectivity index (χ2v) is 8.36. The van der Waals surface area contributed by atoms with E-state index < -0.39 is 5.82 Å². The summed E-state index contributed by atoms with van der Waals surface area (Å²) in [7, 11) is 0. The van der Waals surface area contributed by atoms with E-state index in [1.54, 1.807) is 12.1 Å². The van der Waals surface area contributed by atoms with Crippen LogP contribution in [-0.4, -0.2) is 11.9 Å². The van der Waals surface area contributed by atoms with Crippen LogP contribution in [0.1, 0.15) is 50.4 Å². The van der Waals surface area contributed by atoms with Gasteiger partial charge in [-0.1, -0.05) is 36.7 Å². The van der Waals surface area contributed by atoms with Crippen molar-refractivity contribution in [2.45, 2.75) is 46.1 Å². The molecule has 2 aliphatic rings. The molecule has 1 aromatic carbocycles. The zero-order chi connectivity index (χ0) is 15.4. The molecule has 0 spiro atoms. The lowest BCUT2D eigenvalue weighted by Gasteiger charge is -2.43. The average molecular weight is 354 g/mol. The average Bonchev–Trinajstić information content (AvgIpc) is 2.88. The number of nitrogens with one attached hydrogen (secondary N) is 1. The summed E-state index contributed by atoms with van der Waals surface area (Å²) in [6, 6.07) is 4.59. The molecule has 0 saturated heterocycles. The van der Waals surface area contributed by atoms with Crippen molar-refractivity contribution in [3.63, 3.8) is 0 Å². The van der Waals surface area contributed by atoms with Crippen LogP contribution >= 0.6 is 15.9 Å². The van der Waals surface area contributed by atoms with Gasteiger partial charge in [-0.2, -0.15) is 0 Å². The predicted molar refractivity (Wildman–Crippen MR) is 84.6 cm³/mol. The van der Waals surface area contributed by atoms with Crippen molar-refractivity contribution in [1.29, 1.82) is 0 Å². The van der Waals surface area contributed by atoms with Gasteiger partial charge in [-0.25, -0.2) is 4.39 Å². The van der Waals surface area contributed by atoms with Gasteiger partial charge in [-0.3, -0.25) is 4.79 Å². The van der Waals surface area contributed by atoms with E-state index in [0.29, 0.717) is 10.4 Å². The molecule has 0 aliphatic heterocycles. The van der Waals surface area contributed by atoms with Crippen LogP contribution in [0.5, 0.6) is 0 Å². The highest BCUT2D eigenvalue weighted by molar-refractivity contribution is 9.10. The highest BCUT2D eigenvalue weighted by atomic mass is 79.9. The minimum Gasteiger partial charge on any atom is -0.348 e. The van der Waals surface area contributed by atoms with E-state index >= 15 is 0 Å². The van der Waals surface area contributed by atoms with E-state index in [-0.39, 0.29) is 28.3 Å². The molecule has 0 aromatic heterocycles. The SMILES string of the molecule is CC12CCC(C1)C(C)(C)C2NC(=O)c1cc(Br)ccc1F. The highest BCUT2D eigenvalue weighted by Crippen LogP contribution is 2.62. The summed E-state index contributed by atoms with van der Waals surface area (Å²) >= 11 is 3.30. The van der Waals surface area contributed by atoms with Crippen molar-refractivity contribution < 1.29 is 9.18 Å². The first kappa shape index (κ1) is 15.0. The Balaban J connectivity index is 1.86. The van der Waals surface area contributed by atoms with Gasteiger partial charge in [0.2, 0.25) is 0 Å². The van der Waals surface area contributed by atoms with Gasteiger partial charge in [0, 0.05) is 10.5 Å². The maximum Gasteiger partial charge on any atom is 0.254 e. The highest BCUT2D eigenvalue weighted by Gasteiger charge is 2.59. The molecular formula is C17H21BrFNO. The molecule has 3 atom stereocenters. The smallest absolute Gasteiger partial charge is 0.254 e. The Kier molecular flexibility index (Phi) is 3.43. The molecule has 114 valence electrons. The molecule has 21 heavy (non-hydrogen) atoms. The van der Waals surface area contributed by atoms with E-state index in [2.05, 4.69) is 42.0 Å². The van der Waals surface area contributed by atoms with Crippen LogP contribution in [0.25, 0.3) is 0 Å². The summed E-state index contributed by atoms with van der Waals surface area (Å²) in [6.45, 7) is 6.71. The molecule has 1 N–H and O–H groups in total. The molecule has 4 heteroatoms. The summed E-state index contributed by atoms with van der Waals surface area (Å²) in [5, 5.41) is 3.13. The third-order valence-electron chi connectivity index (χ3n) is 5.72. The lowest BCUT2D eigenvalue weighted by atomic mass is 9.68. The van der Waals surface area contributed by atoms with Crippen molar-refractivity contribution in [3.05, 3.63) is 34.1 Å². The standard InChI is InChI=1S/C17H21BrFNO/c1-16(2)10-6-7-17(3,9-10)15(16)20-14(21)12-8-11(18)4-5-13(12)19/h4-5,8,10,15H,6-7,9H2,1-3H3,(H,20,21). The fraction of sp³-hybridized carbons (Fsp3) is 0.588. The Morgan fingerprint density at radius 3 is 2.71 bits per heavy atom. The number of amides is 1. The van der Waals surface area contributed by atoms with Crippen molar-refractivity contribution in [2.75, 3.05) is 0 Å². The maximum absolute atomic E-state index is 13.9. The lowest BCUT2D eigenvalue weighted by Crippen LogP contribution is -2.52. The van der Waals surface area contributed by atoms with E-state index in [1.165, 1.54) is 12.5 Å². The second kappa shape index (κ2) is 4.80. The second-order valence-electron chi connectivity index (χ2n) is 7.45. The van der Waals surface area contributed by atoms with Crippen LogP contribution in [0, 0.1) is 22.6 Å². The lowest BCUT2D eigenvalue weighted by molar-refractivity contribution is 0.0734. The van der Waals surface area contributed by atoms with Crippen LogP contribution in [0.3, 0.4) is 0 Å². The minimum atomic E-state index is -0.471. The predicted octanol–water partition coefficient (Wildman–Crippen LogP) is 4.53. The van der Waals surface area contributed by atoms with Crippen LogP contribution in [0.4, 0.5) is 4.39 Å². The molecule has 1 aromatic rings. The van der Waals surface area contributed by atoms with Gasteiger partial charge in [-0.05, 0) is 54.2 Å². The molecule has 2 aliphatic carbocycles. The maximum atomic E-state index is 13.9. The Labute approximate surface area is 133 Å². The molecule has 0 heterocycles. The fourth-order valence-corrected chi connectivity index (χ4v) is 4.90. The Morgan fingerprint density at radius 2 is 2.10 bits per heavy atom. The van der Waals surface area contributed by atoms with E-state index in [1.807, 2.05) is 0 Å². The molecule has 3 rings (SSSR count). The number of benzene rings is 1. The molecule has 2 nitrogen and oxygen atoms in total. The third kappa shape index (κ3) is 2.32. The number of fused-ring (bicyclic) bond motifs is 2. The molecule has 2 bridgehead atoms. The Bertz CT molecular complexity index is 596. The zero-order valence-electron chi connectivity index (χ0n) is 12.7. The largest absolute Gasteiger partial charge is 0.348 e. The summed E-state index contributed by atoms with van der Waals surface area (Å²) in [6.07, 6.45) is 3.54. The molecule has 1 amide bonds. The van der Waals surface area contributed by atoms with Gasteiger partial charge in [0.1, 0.15) is 5.82 Å². The number of rotatable bonds is 2. The van der Waals surface area contributed by atoms with Crippen molar-refractivity contribution in [3.8, 4) is 0 Å². The minimum absolute atomic E-state index is 0.0746. The molecule has 3 unspecified atom stereocenters. The van der Waals surface area contributed by atoms with Crippen LogP contribution in [0.15, 0.2) is 22.7 Å². The number of hydrogen-bond acceptors (Lipinski definition) is 1. The van der Waals surface area contributed by atoms with Crippen LogP contribution in [0.2, 0.25) is 0 Å². The van der Waals surface area contributed by atoms with Gasteiger partial charge < -0.3 is 5.32 Å². The quantitative estimate of drug-likeness (QED) is 0.831. The third-order valence-corrected chi connectivity index (χ3v) is 6.21. The topological polar surface area (TPSA) is 29.1 Å². The summed E-state index contributed by atoms with van der Waals surface area (Å²) in [5.41, 5.74) is 0.337. The molecule has 0 radical (unpaired) electrons. The monoisotopic (exact) mass is 353 g/mol. The first-order valence-corrected chi connectivity index (χ1v) is 8.29. The Morgan fingerprint density at radius 1 is 1.38 bits per heavy atom. The number of hydrogen-bond donors (Lipinski definition) is 1. The number of halogens is 2. The molecular weight excluding hydrogens is 333 g/mol. The van der Waals surface area contributed by atoms with E-state index in [0.717, 1.165) is 12.8 Å². The fourth-order valence-electron chi connectivity index (χ4n) is 4.54. The van der Waals surface area contributed by atoms with Crippen molar-refractivity contribution >= 4 is 21.8 Å². The van der Waals surface area contributed by atoms with E-state index in [4.69, 9.17) is 0 Å². The van der Waals surface area contributed by atoms with E-state index in [9.17, 15) is 9.18 Å². The van der Waals surface area contributed by atoms with Gasteiger partial charge in [-0.15, -0.1) is 0 Å². The zero-order valence-corrected chi connectivity index (χ0v) is 14.3. The summed E-state index contributed by atoms with van der Waals surface area (Å²) in [5.74, 6) is -0.123. The first-order valence-electron chi connectivity index (χ1n) is 7.50. The number of carbonyl (C=O) groups is 1.